The largest absolute Gasteiger partial charge is 0.497 e. The Labute approximate surface area is 241 Å². The first kappa shape index (κ1) is 31.0. The molecule has 1 atom stereocenters. The second-order valence-electron chi connectivity index (χ2n) is 9.76. The lowest BCUT2D eigenvalue weighted by Gasteiger charge is -2.33. The summed E-state index contributed by atoms with van der Waals surface area (Å²) in [4.78, 5) is 28.7. The van der Waals surface area contributed by atoms with E-state index < -0.39 is 28.5 Å². The number of ether oxygens (including phenoxy) is 1. The molecule has 3 aromatic rings. The molecule has 3 rings (SSSR count). The fraction of sp³-hybridized carbons (Fsp3) is 0.333. The molecule has 2 amide bonds. The van der Waals surface area contributed by atoms with Crippen molar-refractivity contribution in [3.05, 3.63) is 88.9 Å². The highest BCUT2D eigenvalue weighted by molar-refractivity contribution is 7.92. The molecule has 0 aromatic heterocycles. The molecule has 8 nitrogen and oxygen atoms in total. The van der Waals surface area contributed by atoms with Gasteiger partial charge in [0.15, 0.2) is 0 Å². The molecule has 0 heterocycles. The molecule has 1 N–H and O–H groups in total. The van der Waals surface area contributed by atoms with Crippen molar-refractivity contribution >= 4 is 39.1 Å². The molecule has 0 unspecified atom stereocenters. The van der Waals surface area contributed by atoms with Gasteiger partial charge in [-0.1, -0.05) is 54.4 Å². The maximum Gasteiger partial charge on any atom is 0.264 e. The van der Waals surface area contributed by atoms with Gasteiger partial charge in [0.1, 0.15) is 18.3 Å². The van der Waals surface area contributed by atoms with Crippen LogP contribution in [-0.2, 0) is 26.2 Å². The molecule has 0 bridgehead atoms. The number of sulfonamides is 1. The van der Waals surface area contributed by atoms with Gasteiger partial charge in [0, 0.05) is 23.7 Å². The van der Waals surface area contributed by atoms with E-state index in [0.29, 0.717) is 17.2 Å². The SMILES string of the molecule is CC[C@H](C(=O)NC(C)C)N(Cc1ccc(Cl)cc1)C(=O)CN(c1cccc(OC)c1)S(=O)(=O)c1ccc(C)cc1. The van der Waals surface area contributed by atoms with Gasteiger partial charge in [0.2, 0.25) is 11.8 Å². The number of hydrogen-bond acceptors (Lipinski definition) is 5. The van der Waals surface area contributed by atoms with Crippen LogP contribution in [0.2, 0.25) is 5.02 Å². The third kappa shape index (κ3) is 7.76. The Morgan fingerprint density at radius 1 is 1.00 bits per heavy atom. The molecule has 0 saturated carbocycles. The van der Waals surface area contributed by atoms with Gasteiger partial charge >= 0.3 is 0 Å². The molecule has 10 heteroatoms. The Bertz CT molecular complexity index is 1410. The van der Waals surface area contributed by atoms with Crippen molar-refractivity contribution in [2.24, 2.45) is 0 Å². The summed E-state index contributed by atoms with van der Waals surface area (Å²) >= 11 is 6.06. The lowest BCUT2D eigenvalue weighted by molar-refractivity contribution is -0.140. The Morgan fingerprint density at radius 3 is 2.23 bits per heavy atom. The van der Waals surface area contributed by atoms with Crippen LogP contribution in [0.4, 0.5) is 5.69 Å². The minimum atomic E-state index is -4.16. The molecular formula is C30H36ClN3O5S. The first-order valence-corrected chi connectivity index (χ1v) is 14.9. The van der Waals surface area contributed by atoms with Crippen molar-refractivity contribution in [3.8, 4) is 5.75 Å². The van der Waals surface area contributed by atoms with Crippen molar-refractivity contribution in [2.45, 2.75) is 57.6 Å². The highest BCUT2D eigenvalue weighted by Crippen LogP contribution is 2.28. The van der Waals surface area contributed by atoms with Crippen LogP contribution in [0.15, 0.2) is 77.7 Å². The van der Waals surface area contributed by atoms with Crippen molar-refractivity contribution in [2.75, 3.05) is 18.0 Å². The summed E-state index contributed by atoms with van der Waals surface area (Å²) in [5, 5.41) is 3.42. The van der Waals surface area contributed by atoms with Crippen molar-refractivity contribution in [1.82, 2.24) is 10.2 Å². The molecular weight excluding hydrogens is 550 g/mol. The van der Waals surface area contributed by atoms with Gasteiger partial charge in [0.05, 0.1) is 17.7 Å². The summed E-state index contributed by atoms with van der Waals surface area (Å²) < 4.78 is 34.3. The number of benzene rings is 3. The van der Waals surface area contributed by atoms with Gasteiger partial charge < -0.3 is 15.0 Å². The minimum absolute atomic E-state index is 0.0440. The number of carbonyl (C=O) groups is 2. The van der Waals surface area contributed by atoms with Gasteiger partial charge in [-0.15, -0.1) is 0 Å². The third-order valence-corrected chi connectivity index (χ3v) is 8.35. The quantitative estimate of drug-likeness (QED) is 0.316. The molecule has 214 valence electrons. The number of rotatable bonds is 12. The van der Waals surface area contributed by atoms with E-state index in [2.05, 4.69) is 5.32 Å². The van der Waals surface area contributed by atoms with E-state index in [-0.39, 0.29) is 29.1 Å². The van der Waals surface area contributed by atoms with Gasteiger partial charge in [-0.2, -0.15) is 0 Å². The maximum absolute atomic E-state index is 14.1. The molecule has 0 aliphatic carbocycles. The maximum atomic E-state index is 14.1. The fourth-order valence-electron chi connectivity index (χ4n) is 4.22. The summed E-state index contributed by atoms with van der Waals surface area (Å²) in [7, 11) is -2.68. The van der Waals surface area contributed by atoms with Crippen LogP contribution in [0.5, 0.6) is 5.75 Å². The zero-order valence-corrected chi connectivity index (χ0v) is 25.0. The summed E-state index contributed by atoms with van der Waals surface area (Å²) in [6.45, 7) is 6.93. The second-order valence-corrected chi connectivity index (χ2v) is 12.1. The van der Waals surface area contributed by atoms with Crippen molar-refractivity contribution in [1.29, 1.82) is 0 Å². The van der Waals surface area contributed by atoms with Gasteiger partial charge in [-0.25, -0.2) is 8.42 Å². The Morgan fingerprint density at radius 2 is 1.65 bits per heavy atom. The number of nitrogens with zero attached hydrogens (tertiary/aromatic N) is 2. The van der Waals surface area contributed by atoms with E-state index in [1.54, 1.807) is 60.7 Å². The number of anilines is 1. The molecule has 0 fully saturated rings. The van der Waals surface area contributed by atoms with E-state index in [0.717, 1.165) is 15.4 Å². The monoisotopic (exact) mass is 585 g/mol. The molecule has 0 spiro atoms. The van der Waals surface area contributed by atoms with Crippen LogP contribution in [0.25, 0.3) is 0 Å². The predicted octanol–water partition coefficient (Wildman–Crippen LogP) is 5.18. The highest BCUT2D eigenvalue weighted by atomic mass is 35.5. The number of hydrogen-bond donors (Lipinski definition) is 1. The lowest BCUT2D eigenvalue weighted by atomic mass is 10.1. The van der Waals surface area contributed by atoms with Crippen LogP contribution in [0, 0.1) is 6.92 Å². The molecule has 0 radical (unpaired) electrons. The topological polar surface area (TPSA) is 96.0 Å². The first-order valence-electron chi connectivity index (χ1n) is 13.0. The van der Waals surface area contributed by atoms with Crippen LogP contribution in [0.3, 0.4) is 0 Å². The summed E-state index contributed by atoms with van der Waals surface area (Å²) in [5.74, 6) is -0.400. The number of nitrogens with one attached hydrogen (secondary N) is 1. The molecule has 3 aromatic carbocycles. The van der Waals surface area contributed by atoms with Crippen LogP contribution < -0.4 is 14.4 Å². The molecule has 40 heavy (non-hydrogen) atoms. The number of halogens is 1. The van der Waals surface area contributed by atoms with Crippen LogP contribution in [0.1, 0.15) is 38.3 Å². The third-order valence-electron chi connectivity index (χ3n) is 6.31. The fourth-order valence-corrected chi connectivity index (χ4v) is 5.75. The summed E-state index contributed by atoms with van der Waals surface area (Å²) in [6, 6.07) is 19.0. The van der Waals surface area contributed by atoms with E-state index in [9.17, 15) is 18.0 Å². The minimum Gasteiger partial charge on any atom is -0.497 e. The molecule has 0 aliphatic rings. The standard InChI is InChI=1S/C30H36ClN3O5S/c1-6-28(30(36)32-21(2)3)33(19-23-12-14-24(31)15-13-23)29(35)20-34(25-8-7-9-26(18-25)39-5)40(37,38)27-16-10-22(4)11-17-27/h7-18,21,28H,6,19-20H2,1-5H3,(H,32,36)/t28-/m1/s1. The van der Waals surface area contributed by atoms with E-state index in [1.807, 2.05) is 27.7 Å². The second kappa shape index (κ2) is 13.7. The van der Waals surface area contributed by atoms with Crippen LogP contribution >= 0.6 is 11.6 Å². The normalized spacial score (nSPS) is 12.1. The lowest BCUT2D eigenvalue weighted by Crippen LogP contribution is -2.53. The van der Waals surface area contributed by atoms with Gasteiger partial charge in [0.25, 0.3) is 10.0 Å². The van der Waals surface area contributed by atoms with E-state index >= 15 is 0 Å². The van der Waals surface area contributed by atoms with Crippen molar-refractivity contribution in [3.63, 3.8) is 0 Å². The average molecular weight is 586 g/mol. The Balaban J connectivity index is 2.08. The Hall–Kier alpha value is -3.56. The van der Waals surface area contributed by atoms with Gasteiger partial charge in [-0.05, 0) is 69.2 Å². The van der Waals surface area contributed by atoms with E-state index in [1.165, 1.54) is 24.1 Å². The number of amides is 2. The van der Waals surface area contributed by atoms with Gasteiger partial charge in [-0.3, -0.25) is 13.9 Å². The number of aryl methyl sites for hydroxylation is 1. The molecule has 0 saturated heterocycles. The average Bonchev–Trinajstić information content (AvgIpc) is 2.92. The zero-order chi connectivity index (χ0) is 29.4. The summed E-state index contributed by atoms with van der Waals surface area (Å²) in [6.07, 6.45) is 0.335. The van der Waals surface area contributed by atoms with E-state index in [4.69, 9.17) is 16.3 Å². The molecule has 0 aliphatic heterocycles. The summed E-state index contributed by atoms with van der Waals surface area (Å²) in [5.41, 5.74) is 1.92. The first-order chi connectivity index (χ1) is 19.0. The highest BCUT2D eigenvalue weighted by Gasteiger charge is 2.34. The van der Waals surface area contributed by atoms with Crippen LogP contribution in [-0.4, -0.2) is 50.9 Å². The number of methoxy groups -OCH3 is 1. The Kier molecular flexibility index (Phi) is 10.6. The predicted molar refractivity (Wildman–Crippen MR) is 158 cm³/mol. The zero-order valence-electron chi connectivity index (χ0n) is 23.4. The smallest absolute Gasteiger partial charge is 0.264 e. The van der Waals surface area contributed by atoms with Crippen molar-refractivity contribution < 1.29 is 22.7 Å². The number of carbonyl (C=O) groups excluding carboxylic acids is 2.